The van der Waals surface area contributed by atoms with E-state index in [2.05, 4.69) is 29.9 Å². The van der Waals surface area contributed by atoms with Gasteiger partial charge in [-0.05, 0) is 24.8 Å². The molecule has 27 heavy (non-hydrogen) atoms. The first-order valence-electron chi connectivity index (χ1n) is 9.35. The van der Waals surface area contributed by atoms with Crippen molar-refractivity contribution >= 4 is 27.4 Å². The van der Waals surface area contributed by atoms with E-state index in [4.69, 9.17) is 9.26 Å². The summed E-state index contributed by atoms with van der Waals surface area (Å²) in [7, 11) is 1.63. The van der Waals surface area contributed by atoms with Gasteiger partial charge in [0.25, 0.3) is 0 Å². The van der Waals surface area contributed by atoms with E-state index in [9.17, 15) is 0 Å². The monoisotopic (exact) mass is 386 g/mol. The SMILES string of the molecule is COCc1noc(CN2CCN(c3ncnc4sc5c(c34)CCC5)CC2)n1. The van der Waals surface area contributed by atoms with Gasteiger partial charge in [0.1, 0.15) is 23.6 Å². The highest BCUT2D eigenvalue weighted by Crippen LogP contribution is 2.40. The molecule has 1 fully saturated rings. The second-order valence-electron chi connectivity index (χ2n) is 7.04. The lowest BCUT2D eigenvalue weighted by atomic mass is 10.1. The molecular formula is C18H22N6O2S. The molecule has 0 amide bonds. The van der Waals surface area contributed by atoms with E-state index in [-0.39, 0.29) is 0 Å². The van der Waals surface area contributed by atoms with Gasteiger partial charge in [-0.25, -0.2) is 9.97 Å². The molecule has 5 rings (SSSR count). The molecule has 3 aromatic heterocycles. The minimum Gasteiger partial charge on any atom is -0.377 e. The molecule has 0 atom stereocenters. The Morgan fingerprint density at radius 3 is 2.93 bits per heavy atom. The molecule has 0 aromatic carbocycles. The number of aromatic nitrogens is 4. The zero-order valence-corrected chi connectivity index (χ0v) is 16.2. The molecule has 0 spiro atoms. The van der Waals surface area contributed by atoms with Crippen molar-refractivity contribution in [2.45, 2.75) is 32.4 Å². The van der Waals surface area contributed by atoms with Crippen LogP contribution in [0.5, 0.6) is 0 Å². The minimum atomic E-state index is 0.381. The smallest absolute Gasteiger partial charge is 0.240 e. The predicted molar refractivity (Wildman–Crippen MR) is 102 cm³/mol. The Balaban J connectivity index is 1.29. The summed E-state index contributed by atoms with van der Waals surface area (Å²) in [6.07, 6.45) is 5.33. The van der Waals surface area contributed by atoms with Gasteiger partial charge < -0.3 is 14.2 Å². The van der Waals surface area contributed by atoms with Crippen LogP contribution in [0, 0.1) is 0 Å². The van der Waals surface area contributed by atoms with E-state index in [1.807, 2.05) is 11.3 Å². The van der Waals surface area contributed by atoms with Crippen molar-refractivity contribution in [1.82, 2.24) is 25.0 Å². The first kappa shape index (κ1) is 17.0. The van der Waals surface area contributed by atoms with Crippen LogP contribution in [-0.4, -0.2) is 58.3 Å². The highest BCUT2D eigenvalue weighted by atomic mass is 32.1. The van der Waals surface area contributed by atoms with Crippen LogP contribution >= 0.6 is 11.3 Å². The average Bonchev–Trinajstić information content (AvgIpc) is 3.38. The molecule has 1 saturated heterocycles. The fraction of sp³-hybridized carbons (Fsp3) is 0.556. The van der Waals surface area contributed by atoms with Crippen molar-refractivity contribution in [2.75, 3.05) is 38.2 Å². The fourth-order valence-electron chi connectivity index (χ4n) is 4.00. The number of hydrogen-bond donors (Lipinski definition) is 0. The number of methoxy groups -OCH3 is 1. The van der Waals surface area contributed by atoms with Crippen molar-refractivity contribution in [2.24, 2.45) is 0 Å². The first-order chi connectivity index (χ1) is 13.3. The Kier molecular flexibility index (Phi) is 4.50. The number of thiophene rings is 1. The maximum atomic E-state index is 5.31. The quantitative estimate of drug-likeness (QED) is 0.659. The summed E-state index contributed by atoms with van der Waals surface area (Å²) in [5.74, 6) is 2.36. The van der Waals surface area contributed by atoms with Crippen LogP contribution in [0.2, 0.25) is 0 Å². The summed E-state index contributed by atoms with van der Waals surface area (Å²) in [4.78, 5) is 20.9. The van der Waals surface area contributed by atoms with Crippen LogP contribution in [-0.2, 0) is 30.7 Å². The molecule has 3 aromatic rings. The number of ether oxygens (including phenoxy) is 1. The normalized spacial score (nSPS) is 17.7. The minimum absolute atomic E-state index is 0.381. The van der Waals surface area contributed by atoms with Crippen molar-refractivity contribution < 1.29 is 9.26 Å². The molecule has 0 unspecified atom stereocenters. The van der Waals surface area contributed by atoms with Gasteiger partial charge in [-0.15, -0.1) is 11.3 Å². The maximum Gasteiger partial charge on any atom is 0.240 e. The van der Waals surface area contributed by atoms with Crippen molar-refractivity contribution in [1.29, 1.82) is 0 Å². The topological polar surface area (TPSA) is 80.4 Å². The van der Waals surface area contributed by atoms with Crippen LogP contribution in [0.25, 0.3) is 10.2 Å². The zero-order chi connectivity index (χ0) is 18.2. The summed E-state index contributed by atoms with van der Waals surface area (Å²) in [5, 5.41) is 5.23. The number of aryl methyl sites for hydroxylation is 2. The fourth-order valence-corrected chi connectivity index (χ4v) is 5.23. The third kappa shape index (κ3) is 3.19. The molecule has 0 radical (unpaired) electrons. The second kappa shape index (κ2) is 7.14. The lowest BCUT2D eigenvalue weighted by Crippen LogP contribution is -2.46. The van der Waals surface area contributed by atoms with Crippen LogP contribution < -0.4 is 4.90 Å². The molecule has 9 heteroatoms. The first-order valence-corrected chi connectivity index (χ1v) is 10.2. The largest absolute Gasteiger partial charge is 0.377 e. The highest BCUT2D eigenvalue weighted by molar-refractivity contribution is 7.19. The summed E-state index contributed by atoms with van der Waals surface area (Å²) >= 11 is 1.85. The van der Waals surface area contributed by atoms with Gasteiger partial charge in [0.2, 0.25) is 5.89 Å². The van der Waals surface area contributed by atoms with Crippen LogP contribution in [0.1, 0.15) is 28.6 Å². The van der Waals surface area contributed by atoms with Gasteiger partial charge in [0.05, 0.1) is 11.9 Å². The van der Waals surface area contributed by atoms with Crippen LogP contribution in [0.15, 0.2) is 10.9 Å². The van der Waals surface area contributed by atoms with Crippen LogP contribution in [0.4, 0.5) is 5.82 Å². The van der Waals surface area contributed by atoms with E-state index in [1.165, 1.54) is 28.7 Å². The average molecular weight is 386 g/mol. The molecule has 8 nitrogen and oxygen atoms in total. The third-order valence-electron chi connectivity index (χ3n) is 5.30. The highest BCUT2D eigenvalue weighted by Gasteiger charge is 2.26. The molecule has 1 aliphatic heterocycles. The predicted octanol–water partition coefficient (Wildman–Crippen LogP) is 2.03. The molecule has 2 aliphatic rings. The Morgan fingerprint density at radius 1 is 1.19 bits per heavy atom. The lowest BCUT2D eigenvalue weighted by Gasteiger charge is -2.35. The molecule has 142 valence electrons. The number of fused-ring (bicyclic) bond motifs is 3. The molecular weight excluding hydrogens is 364 g/mol. The van der Waals surface area contributed by atoms with E-state index in [0.29, 0.717) is 24.9 Å². The van der Waals surface area contributed by atoms with Crippen LogP contribution in [0.3, 0.4) is 0 Å². The third-order valence-corrected chi connectivity index (χ3v) is 6.50. The Hall–Kier alpha value is -2.10. The summed E-state index contributed by atoms with van der Waals surface area (Å²) in [5.41, 5.74) is 1.49. The van der Waals surface area contributed by atoms with Gasteiger partial charge >= 0.3 is 0 Å². The lowest BCUT2D eigenvalue weighted by molar-refractivity contribution is 0.174. The zero-order valence-electron chi connectivity index (χ0n) is 15.3. The number of hydrogen-bond acceptors (Lipinski definition) is 9. The van der Waals surface area contributed by atoms with Gasteiger partial charge in [-0.3, -0.25) is 4.90 Å². The van der Waals surface area contributed by atoms with Crippen molar-refractivity contribution in [3.05, 3.63) is 28.5 Å². The molecule has 4 heterocycles. The van der Waals surface area contributed by atoms with Crippen molar-refractivity contribution in [3.8, 4) is 0 Å². The summed E-state index contributed by atoms with van der Waals surface area (Å²) in [6.45, 7) is 4.83. The van der Waals surface area contributed by atoms with E-state index in [1.54, 1.807) is 13.4 Å². The number of anilines is 1. The molecule has 0 saturated carbocycles. The molecule has 0 bridgehead atoms. The van der Waals surface area contributed by atoms with Crippen molar-refractivity contribution in [3.63, 3.8) is 0 Å². The number of piperazine rings is 1. The standard InChI is InChI=1S/C18H22N6O2S/c1-25-10-14-21-15(26-22-14)9-23-5-7-24(8-6-23)17-16-12-3-2-4-13(12)27-18(16)20-11-19-17/h11H,2-10H2,1H3. The van der Waals surface area contributed by atoms with Gasteiger partial charge in [-0.1, -0.05) is 5.16 Å². The second-order valence-corrected chi connectivity index (χ2v) is 8.12. The summed E-state index contributed by atoms with van der Waals surface area (Å²) < 4.78 is 10.4. The van der Waals surface area contributed by atoms with E-state index in [0.717, 1.165) is 43.2 Å². The van der Waals surface area contributed by atoms with Gasteiger partial charge in [0.15, 0.2) is 5.82 Å². The Morgan fingerprint density at radius 2 is 2.07 bits per heavy atom. The van der Waals surface area contributed by atoms with E-state index >= 15 is 0 Å². The molecule has 1 aliphatic carbocycles. The summed E-state index contributed by atoms with van der Waals surface area (Å²) in [6, 6.07) is 0. The van der Waals surface area contributed by atoms with Gasteiger partial charge in [0, 0.05) is 38.2 Å². The molecule has 0 N–H and O–H groups in total. The van der Waals surface area contributed by atoms with Gasteiger partial charge in [-0.2, -0.15) is 4.98 Å². The van der Waals surface area contributed by atoms with E-state index < -0.39 is 0 Å². The Bertz CT molecular complexity index is 947. The Labute approximate surface area is 161 Å². The maximum absolute atomic E-state index is 5.31. The number of nitrogens with zero attached hydrogens (tertiary/aromatic N) is 6. The number of rotatable bonds is 5.